The number of aryl methyl sites for hydroxylation is 2. The summed E-state index contributed by atoms with van der Waals surface area (Å²) in [6.45, 7) is 10.0. The molecule has 2 heterocycles. The lowest BCUT2D eigenvalue weighted by molar-refractivity contribution is 0.114. The zero-order chi connectivity index (χ0) is 13.8. The summed E-state index contributed by atoms with van der Waals surface area (Å²) in [4.78, 5) is 2.63. The quantitative estimate of drug-likeness (QED) is 0.882. The summed E-state index contributed by atoms with van der Waals surface area (Å²) in [6, 6.07) is 3.56. The maximum atomic E-state index is 4.56. The molecule has 0 aromatic carbocycles. The number of aromatic nitrogens is 2. The van der Waals surface area contributed by atoms with E-state index in [4.69, 9.17) is 0 Å². The molecule has 1 aliphatic rings. The molecule has 4 heteroatoms. The van der Waals surface area contributed by atoms with E-state index in [1.165, 1.54) is 24.2 Å². The van der Waals surface area contributed by atoms with Crippen LogP contribution in [0.5, 0.6) is 0 Å². The van der Waals surface area contributed by atoms with Crippen LogP contribution >= 0.6 is 0 Å². The highest BCUT2D eigenvalue weighted by atomic mass is 15.3. The van der Waals surface area contributed by atoms with Crippen molar-refractivity contribution in [1.29, 1.82) is 0 Å². The van der Waals surface area contributed by atoms with Gasteiger partial charge in [0.15, 0.2) is 0 Å². The second-order valence-corrected chi connectivity index (χ2v) is 5.61. The van der Waals surface area contributed by atoms with E-state index >= 15 is 0 Å². The third kappa shape index (κ3) is 3.37. The summed E-state index contributed by atoms with van der Waals surface area (Å²) in [6.07, 6.45) is 3.44. The molecule has 1 N–H and O–H groups in total. The first-order valence-corrected chi connectivity index (χ1v) is 7.67. The van der Waals surface area contributed by atoms with E-state index in [1.807, 2.05) is 0 Å². The lowest BCUT2D eigenvalue weighted by Gasteiger charge is -2.39. The van der Waals surface area contributed by atoms with Crippen LogP contribution in [0.25, 0.3) is 0 Å². The van der Waals surface area contributed by atoms with Crippen molar-refractivity contribution in [2.45, 2.75) is 58.7 Å². The van der Waals surface area contributed by atoms with Gasteiger partial charge in [0.2, 0.25) is 0 Å². The Kier molecular flexibility index (Phi) is 4.99. The first-order valence-electron chi connectivity index (χ1n) is 7.67. The third-order valence-corrected chi connectivity index (χ3v) is 4.33. The average molecular weight is 264 g/mol. The Labute approximate surface area is 117 Å². The number of piperazine rings is 1. The molecule has 0 radical (unpaired) electrons. The van der Waals surface area contributed by atoms with Gasteiger partial charge < -0.3 is 5.32 Å². The largest absolute Gasteiger partial charge is 0.311 e. The highest BCUT2D eigenvalue weighted by Gasteiger charge is 2.26. The summed E-state index contributed by atoms with van der Waals surface area (Å²) in [5.41, 5.74) is 2.54. The Morgan fingerprint density at radius 2 is 2.11 bits per heavy atom. The minimum Gasteiger partial charge on any atom is -0.311 e. The second kappa shape index (κ2) is 6.53. The van der Waals surface area contributed by atoms with Gasteiger partial charge in [-0.05, 0) is 25.3 Å². The van der Waals surface area contributed by atoms with Crippen molar-refractivity contribution in [2.75, 3.05) is 13.1 Å². The maximum absolute atomic E-state index is 4.56. The molecule has 0 spiro atoms. The van der Waals surface area contributed by atoms with Gasteiger partial charge in [-0.25, -0.2) is 0 Å². The smallest absolute Gasteiger partial charge is 0.0625 e. The number of hydrogen-bond acceptors (Lipinski definition) is 3. The molecule has 4 nitrogen and oxygen atoms in total. The molecule has 0 saturated carbocycles. The van der Waals surface area contributed by atoms with Gasteiger partial charge >= 0.3 is 0 Å². The van der Waals surface area contributed by atoms with E-state index in [9.17, 15) is 0 Å². The molecule has 1 fully saturated rings. The molecule has 2 rings (SSSR count). The number of nitrogens with one attached hydrogen (secondary N) is 1. The van der Waals surface area contributed by atoms with Gasteiger partial charge in [-0.1, -0.05) is 20.8 Å². The van der Waals surface area contributed by atoms with Gasteiger partial charge in [-0.2, -0.15) is 5.10 Å². The van der Waals surface area contributed by atoms with Crippen LogP contribution in [-0.4, -0.2) is 39.9 Å². The van der Waals surface area contributed by atoms with Crippen LogP contribution in [0.4, 0.5) is 0 Å². The van der Waals surface area contributed by atoms with Crippen LogP contribution in [0.3, 0.4) is 0 Å². The van der Waals surface area contributed by atoms with Gasteiger partial charge in [-0.15, -0.1) is 0 Å². The van der Waals surface area contributed by atoms with Crippen molar-refractivity contribution in [3.63, 3.8) is 0 Å². The Hall–Kier alpha value is -0.870. The monoisotopic (exact) mass is 264 g/mol. The standard InChI is InChI=1S/C15H28N4/c1-5-12-8-15(18(4)17-12)11-19-10-13(6-2)16-9-14(19)7-3/h8,13-14,16H,5-7,9-11H2,1-4H3. The molecule has 19 heavy (non-hydrogen) atoms. The fourth-order valence-corrected chi connectivity index (χ4v) is 2.90. The van der Waals surface area contributed by atoms with E-state index in [-0.39, 0.29) is 0 Å². The van der Waals surface area contributed by atoms with E-state index in [2.05, 4.69) is 53.9 Å². The highest BCUT2D eigenvalue weighted by molar-refractivity contribution is 5.10. The van der Waals surface area contributed by atoms with Gasteiger partial charge in [0.05, 0.1) is 11.4 Å². The lowest BCUT2D eigenvalue weighted by Crippen LogP contribution is -2.55. The van der Waals surface area contributed by atoms with Crippen molar-refractivity contribution < 1.29 is 0 Å². The van der Waals surface area contributed by atoms with Crippen LogP contribution in [0.1, 0.15) is 45.0 Å². The average Bonchev–Trinajstić information content (AvgIpc) is 2.79. The van der Waals surface area contributed by atoms with Crippen LogP contribution in [0.15, 0.2) is 6.07 Å². The molecular weight excluding hydrogens is 236 g/mol. The Morgan fingerprint density at radius 1 is 1.32 bits per heavy atom. The number of hydrogen-bond donors (Lipinski definition) is 1. The molecule has 0 aliphatic carbocycles. The van der Waals surface area contributed by atoms with Crippen LogP contribution in [0.2, 0.25) is 0 Å². The topological polar surface area (TPSA) is 33.1 Å². The molecule has 2 atom stereocenters. The molecule has 1 aromatic rings. The fourth-order valence-electron chi connectivity index (χ4n) is 2.90. The van der Waals surface area contributed by atoms with E-state index in [0.717, 1.165) is 26.1 Å². The van der Waals surface area contributed by atoms with E-state index in [1.54, 1.807) is 0 Å². The molecule has 1 aliphatic heterocycles. The third-order valence-electron chi connectivity index (χ3n) is 4.33. The molecule has 108 valence electrons. The normalized spacial score (nSPS) is 24.8. The van der Waals surface area contributed by atoms with Crippen LogP contribution in [0, 0.1) is 0 Å². The predicted octanol–water partition coefficient (Wildman–Crippen LogP) is 1.94. The zero-order valence-electron chi connectivity index (χ0n) is 12.8. The fraction of sp³-hybridized carbons (Fsp3) is 0.800. The van der Waals surface area contributed by atoms with E-state index in [0.29, 0.717) is 12.1 Å². The van der Waals surface area contributed by atoms with Gasteiger partial charge in [-0.3, -0.25) is 9.58 Å². The molecule has 2 unspecified atom stereocenters. The first kappa shape index (κ1) is 14.5. The Bertz CT molecular complexity index is 399. The summed E-state index contributed by atoms with van der Waals surface area (Å²) in [7, 11) is 2.06. The molecule has 0 amide bonds. The molecular formula is C15H28N4. The lowest BCUT2D eigenvalue weighted by atomic mass is 10.0. The Morgan fingerprint density at radius 3 is 2.68 bits per heavy atom. The van der Waals surface area contributed by atoms with E-state index < -0.39 is 0 Å². The van der Waals surface area contributed by atoms with Gasteiger partial charge in [0, 0.05) is 38.8 Å². The highest BCUT2D eigenvalue weighted by Crippen LogP contribution is 2.16. The second-order valence-electron chi connectivity index (χ2n) is 5.61. The summed E-state index contributed by atoms with van der Waals surface area (Å²) in [5.74, 6) is 0. The maximum Gasteiger partial charge on any atom is 0.0625 e. The van der Waals surface area contributed by atoms with Gasteiger partial charge in [0.25, 0.3) is 0 Å². The molecule has 1 saturated heterocycles. The van der Waals surface area contributed by atoms with Gasteiger partial charge in [0.1, 0.15) is 0 Å². The van der Waals surface area contributed by atoms with Crippen LogP contribution in [-0.2, 0) is 20.0 Å². The van der Waals surface area contributed by atoms with Crippen molar-refractivity contribution in [1.82, 2.24) is 20.0 Å². The minimum absolute atomic E-state index is 0.640. The first-order chi connectivity index (χ1) is 9.17. The van der Waals surface area contributed by atoms with Crippen molar-refractivity contribution in [2.24, 2.45) is 7.05 Å². The molecule has 0 bridgehead atoms. The summed E-state index contributed by atoms with van der Waals surface area (Å²) < 4.78 is 2.05. The van der Waals surface area contributed by atoms with Crippen molar-refractivity contribution >= 4 is 0 Å². The van der Waals surface area contributed by atoms with Crippen LogP contribution < -0.4 is 5.32 Å². The summed E-state index contributed by atoms with van der Waals surface area (Å²) >= 11 is 0. The SMILES string of the molecule is CCc1cc(CN2CC(CC)NCC2CC)n(C)n1. The summed E-state index contributed by atoms with van der Waals surface area (Å²) in [5, 5.41) is 8.21. The molecule has 1 aromatic heterocycles. The zero-order valence-corrected chi connectivity index (χ0v) is 12.8. The Balaban J connectivity index is 2.07. The van der Waals surface area contributed by atoms with Crippen molar-refractivity contribution in [3.05, 3.63) is 17.5 Å². The number of nitrogens with zero attached hydrogens (tertiary/aromatic N) is 3. The predicted molar refractivity (Wildman–Crippen MR) is 79.2 cm³/mol. The minimum atomic E-state index is 0.640. The number of rotatable bonds is 5. The van der Waals surface area contributed by atoms with Crippen molar-refractivity contribution in [3.8, 4) is 0 Å².